The molecule has 1 aromatic rings. The van der Waals surface area contributed by atoms with Crippen LogP contribution in [0.15, 0.2) is 22.7 Å². The van der Waals surface area contributed by atoms with Gasteiger partial charge in [-0.3, -0.25) is 0 Å². The van der Waals surface area contributed by atoms with Gasteiger partial charge < -0.3 is 10.2 Å². The van der Waals surface area contributed by atoms with Crippen LogP contribution in [-0.2, 0) is 6.54 Å². The zero-order chi connectivity index (χ0) is 13.5. The first kappa shape index (κ1) is 13.4. The Morgan fingerprint density at radius 2 is 2.16 bits per heavy atom. The minimum atomic E-state index is 0.448. The molecular formula is C16H23BrN2. The average Bonchev–Trinajstić information content (AvgIpc) is 3.11. The minimum Gasteiger partial charge on any atom is -0.371 e. The first-order chi connectivity index (χ1) is 9.03. The molecule has 0 amide bonds. The third kappa shape index (κ3) is 3.32. The van der Waals surface area contributed by atoms with E-state index in [-0.39, 0.29) is 0 Å². The fraction of sp³-hybridized carbons (Fsp3) is 0.625. The highest BCUT2D eigenvalue weighted by Crippen LogP contribution is 2.35. The second kappa shape index (κ2) is 5.10. The Balaban J connectivity index is 1.79. The summed E-state index contributed by atoms with van der Waals surface area (Å²) < 4.78 is 1.18. The molecule has 1 aromatic carbocycles. The zero-order valence-corrected chi connectivity index (χ0v) is 13.5. The third-order valence-electron chi connectivity index (χ3n) is 4.22. The lowest BCUT2D eigenvalue weighted by atomic mass is 9.93. The molecule has 1 N–H and O–H groups in total. The Hall–Kier alpha value is -0.540. The van der Waals surface area contributed by atoms with Crippen LogP contribution in [-0.4, -0.2) is 19.1 Å². The molecule has 2 aliphatic rings. The van der Waals surface area contributed by atoms with Crippen molar-refractivity contribution in [1.82, 2.24) is 5.32 Å². The Morgan fingerprint density at radius 3 is 2.79 bits per heavy atom. The Labute approximate surface area is 124 Å². The number of hydrogen-bond acceptors (Lipinski definition) is 2. The van der Waals surface area contributed by atoms with Crippen LogP contribution < -0.4 is 10.2 Å². The molecule has 0 spiro atoms. The van der Waals surface area contributed by atoms with Crippen LogP contribution in [0.1, 0.15) is 38.7 Å². The van der Waals surface area contributed by atoms with Crippen molar-refractivity contribution in [3.8, 4) is 0 Å². The van der Waals surface area contributed by atoms with E-state index in [1.807, 2.05) is 0 Å². The number of nitrogens with zero attached hydrogens (tertiary/aromatic N) is 1. The third-order valence-corrected chi connectivity index (χ3v) is 4.72. The molecule has 3 heteroatoms. The molecule has 0 aromatic heterocycles. The summed E-state index contributed by atoms with van der Waals surface area (Å²) in [6, 6.07) is 7.48. The van der Waals surface area contributed by atoms with Gasteiger partial charge >= 0.3 is 0 Å². The molecule has 1 aliphatic heterocycles. The molecular weight excluding hydrogens is 300 g/mol. The van der Waals surface area contributed by atoms with Crippen molar-refractivity contribution in [2.45, 2.75) is 45.7 Å². The van der Waals surface area contributed by atoms with Gasteiger partial charge in [-0.1, -0.05) is 35.8 Å². The van der Waals surface area contributed by atoms with Crippen LogP contribution in [0.3, 0.4) is 0 Å². The van der Waals surface area contributed by atoms with Crippen LogP contribution in [0.2, 0.25) is 0 Å². The molecule has 0 bridgehead atoms. The van der Waals surface area contributed by atoms with Gasteiger partial charge in [0.1, 0.15) is 0 Å². The van der Waals surface area contributed by atoms with Gasteiger partial charge in [-0.15, -0.1) is 0 Å². The van der Waals surface area contributed by atoms with Crippen LogP contribution in [0.4, 0.5) is 5.69 Å². The molecule has 0 radical (unpaired) electrons. The maximum Gasteiger partial charge on any atom is 0.0423 e. The van der Waals surface area contributed by atoms with Gasteiger partial charge in [-0.25, -0.2) is 0 Å². The fourth-order valence-electron chi connectivity index (χ4n) is 2.84. The van der Waals surface area contributed by atoms with E-state index in [0.29, 0.717) is 5.41 Å². The maximum atomic E-state index is 3.63. The number of anilines is 1. The van der Waals surface area contributed by atoms with Crippen molar-refractivity contribution < 1.29 is 0 Å². The van der Waals surface area contributed by atoms with E-state index in [2.05, 4.69) is 58.2 Å². The average molecular weight is 323 g/mol. The van der Waals surface area contributed by atoms with Crippen molar-refractivity contribution in [3.05, 3.63) is 28.2 Å². The second-order valence-corrected chi connectivity index (χ2v) is 7.68. The van der Waals surface area contributed by atoms with Crippen molar-refractivity contribution in [2.75, 3.05) is 18.0 Å². The largest absolute Gasteiger partial charge is 0.371 e. The lowest BCUT2D eigenvalue weighted by Crippen LogP contribution is -2.25. The summed E-state index contributed by atoms with van der Waals surface area (Å²) in [5, 5.41) is 3.63. The van der Waals surface area contributed by atoms with Crippen molar-refractivity contribution in [1.29, 1.82) is 0 Å². The van der Waals surface area contributed by atoms with Gasteiger partial charge in [-0.05, 0) is 42.4 Å². The first-order valence-corrected chi connectivity index (χ1v) is 8.10. The van der Waals surface area contributed by atoms with Gasteiger partial charge in [0.15, 0.2) is 0 Å². The lowest BCUT2D eigenvalue weighted by molar-refractivity contribution is 0.418. The molecule has 19 heavy (non-hydrogen) atoms. The predicted octanol–water partition coefficient (Wildman–Crippen LogP) is 3.94. The molecule has 1 aliphatic carbocycles. The Bertz CT molecular complexity index is 466. The van der Waals surface area contributed by atoms with Crippen molar-refractivity contribution in [2.24, 2.45) is 5.41 Å². The zero-order valence-electron chi connectivity index (χ0n) is 11.9. The molecule has 1 heterocycles. The fourth-order valence-corrected chi connectivity index (χ4v) is 3.19. The van der Waals surface area contributed by atoms with Crippen LogP contribution in [0.5, 0.6) is 0 Å². The highest BCUT2D eigenvalue weighted by molar-refractivity contribution is 9.10. The number of hydrogen-bond donors (Lipinski definition) is 1. The van der Waals surface area contributed by atoms with E-state index in [1.54, 1.807) is 0 Å². The van der Waals surface area contributed by atoms with Gasteiger partial charge in [0, 0.05) is 35.8 Å². The monoisotopic (exact) mass is 322 g/mol. The highest BCUT2D eigenvalue weighted by atomic mass is 79.9. The van der Waals surface area contributed by atoms with Crippen molar-refractivity contribution >= 4 is 21.6 Å². The highest BCUT2D eigenvalue weighted by Gasteiger charge is 2.30. The SMILES string of the molecule is CC1(C)CCN(c2cc(Br)ccc2CNC2CC2)C1. The van der Waals surface area contributed by atoms with E-state index in [9.17, 15) is 0 Å². The number of rotatable bonds is 4. The molecule has 104 valence electrons. The summed E-state index contributed by atoms with van der Waals surface area (Å²) in [5.41, 5.74) is 3.30. The summed E-state index contributed by atoms with van der Waals surface area (Å²) in [6.07, 6.45) is 3.99. The summed E-state index contributed by atoms with van der Waals surface area (Å²) in [6.45, 7) is 8.09. The molecule has 1 saturated heterocycles. The molecule has 1 saturated carbocycles. The Kier molecular flexibility index (Phi) is 3.61. The molecule has 0 atom stereocenters. The smallest absolute Gasteiger partial charge is 0.0423 e. The van der Waals surface area contributed by atoms with Gasteiger partial charge in [0.2, 0.25) is 0 Å². The summed E-state index contributed by atoms with van der Waals surface area (Å²) in [7, 11) is 0. The minimum absolute atomic E-state index is 0.448. The number of benzene rings is 1. The topological polar surface area (TPSA) is 15.3 Å². The van der Waals surface area contributed by atoms with E-state index in [0.717, 1.165) is 12.6 Å². The molecule has 3 rings (SSSR count). The lowest BCUT2D eigenvalue weighted by Gasteiger charge is -2.24. The van der Waals surface area contributed by atoms with Crippen LogP contribution in [0, 0.1) is 5.41 Å². The first-order valence-electron chi connectivity index (χ1n) is 7.30. The van der Waals surface area contributed by atoms with E-state index < -0.39 is 0 Å². The van der Waals surface area contributed by atoms with Crippen LogP contribution in [0.25, 0.3) is 0 Å². The van der Waals surface area contributed by atoms with Crippen LogP contribution >= 0.6 is 15.9 Å². The van der Waals surface area contributed by atoms with E-state index in [1.165, 1.54) is 48.1 Å². The van der Waals surface area contributed by atoms with E-state index >= 15 is 0 Å². The maximum absolute atomic E-state index is 3.63. The van der Waals surface area contributed by atoms with Gasteiger partial charge in [-0.2, -0.15) is 0 Å². The molecule has 2 fully saturated rings. The summed E-state index contributed by atoms with van der Waals surface area (Å²) >= 11 is 3.62. The molecule has 0 unspecified atom stereocenters. The molecule has 2 nitrogen and oxygen atoms in total. The quantitative estimate of drug-likeness (QED) is 0.903. The van der Waals surface area contributed by atoms with Gasteiger partial charge in [0.05, 0.1) is 0 Å². The van der Waals surface area contributed by atoms with Gasteiger partial charge in [0.25, 0.3) is 0 Å². The second-order valence-electron chi connectivity index (χ2n) is 6.76. The van der Waals surface area contributed by atoms with Crippen molar-refractivity contribution in [3.63, 3.8) is 0 Å². The Morgan fingerprint density at radius 1 is 1.37 bits per heavy atom. The number of halogens is 1. The number of nitrogens with one attached hydrogen (secondary N) is 1. The predicted molar refractivity (Wildman–Crippen MR) is 84.6 cm³/mol. The van der Waals surface area contributed by atoms with E-state index in [4.69, 9.17) is 0 Å². The standard InChI is InChI=1S/C16H23BrN2/c1-16(2)7-8-19(11-16)15-9-13(17)4-3-12(15)10-18-14-5-6-14/h3-4,9,14,18H,5-8,10-11H2,1-2H3. The normalized spacial score (nSPS) is 21.9. The summed E-state index contributed by atoms with van der Waals surface area (Å²) in [5.74, 6) is 0. The summed E-state index contributed by atoms with van der Waals surface area (Å²) in [4.78, 5) is 2.55.